The maximum absolute atomic E-state index is 9.55. The highest BCUT2D eigenvalue weighted by Crippen LogP contribution is 2.19. The Hall–Kier alpha value is -1.84. The van der Waals surface area contributed by atoms with E-state index in [-0.39, 0.29) is 12.6 Å². The molecule has 2 N–H and O–H groups in total. The normalized spacial score (nSPS) is 12.1. The van der Waals surface area contributed by atoms with Crippen LogP contribution in [0.2, 0.25) is 0 Å². The first kappa shape index (κ1) is 15.5. The molecule has 0 fully saturated rings. The van der Waals surface area contributed by atoms with Crippen molar-refractivity contribution in [3.8, 4) is 5.75 Å². The first-order chi connectivity index (χ1) is 10.2. The summed E-state index contributed by atoms with van der Waals surface area (Å²) in [5.41, 5.74) is 3.51. The molecule has 3 heteroatoms. The summed E-state index contributed by atoms with van der Waals surface area (Å²) in [5, 5.41) is 12.9. The Morgan fingerprint density at radius 2 is 1.86 bits per heavy atom. The zero-order valence-corrected chi connectivity index (χ0v) is 12.7. The number of ether oxygens (including phenoxy) is 1. The monoisotopic (exact) mass is 285 g/mol. The predicted octanol–water partition coefficient (Wildman–Crippen LogP) is 2.70. The van der Waals surface area contributed by atoms with Crippen molar-refractivity contribution in [3.05, 3.63) is 65.2 Å². The van der Waals surface area contributed by atoms with Crippen LogP contribution in [-0.4, -0.2) is 24.9 Å². The van der Waals surface area contributed by atoms with E-state index in [0.29, 0.717) is 0 Å². The van der Waals surface area contributed by atoms with E-state index in [1.165, 1.54) is 5.56 Å². The molecule has 0 aromatic heterocycles. The lowest BCUT2D eigenvalue weighted by atomic mass is 10.0. The van der Waals surface area contributed by atoms with Crippen molar-refractivity contribution in [1.82, 2.24) is 5.32 Å². The Balaban J connectivity index is 1.95. The van der Waals surface area contributed by atoms with Crippen LogP contribution in [0.15, 0.2) is 48.5 Å². The second kappa shape index (κ2) is 7.81. The molecular formula is C18H23NO2. The maximum atomic E-state index is 9.55. The molecule has 2 aromatic carbocycles. The lowest BCUT2D eigenvalue weighted by Gasteiger charge is -2.17. The van der Waals surface area contributed by atoms with E-state index in [1.54, 1.807) is 7.11 Å². The minimum atomic E-state index is 0.0395. The van der Waals surface area contributed by atoms with Gasteiger partial charge in [-0.15, -0.1) is 0 Å². The van der Waals surface area contributed by atoms with Gasteiger partial charge in [-0.25, -0.2) is 0 Å². The van der Waals surface area contributed by atoms with Gasteiger partial charge in [0.05, 0.1) is 13.7 Å². The van der Waals surface area contributed by atoms with E-state index in [0.717, 1.165) is 29.8 Å². The van der Waals surface area contributed by atoms with Crippen molar-refractivity contribution in [2.75, 3.05) is 13.7 Å². The van der Waals surface area contributed by atoms with Gasteiger partial charge in [-0.05, 0) is 36.1 Å². The molecule has 0 aliphatic rings. The zero-order chi connectivity index (χ0) is 15.1. The molecule has 2 aromatic rings. The zero-order valence-electron chi connectivity index (χ0n) is 12.7. The molecule has 1 unspecified atom stereocenters. The van der Waals surface area contributed by atoms with E-state index in [4.69, 9.17) is 4.74 Å². The summed E-state index contributed by atoms with van der Waals surface area (Å²) in [5.74, 6) is 0.896. The molecule has 0 bridgehead atoms. The molecule has 112 valence electrons. The smallest absolute Gasteiger partial charge is 0.122 e. The van der Waals surface area contributed by atoms with Gasteiger partial charge in [-0.1, -0.05) is 42.5 Å². The Bertz CT molecular complexity index is 554. The van der Waals surface area contributed by atoms with Crippen LogP contribution in [0.4, 0.5) is 0 Å². The van der Waals surface area contributed by atoms with Gasteiger partial charge in [-0.3, -0.25) is 0 Å². The number of rotatable bonds is 7. The lowest BCUT2D eigenvalue weighted by molar-refractivity contribution is 0.240. The summed E-state index contributed by atoms with van der Waals surface area (Å²) >= 11 is 0. The second-order valence-corrected chi connectivity index (χ2v) is 5.25. The van der Waals surface area contributed by atoms with Crippen molar-refractivity contribution in [3.63, 3.8) is 0 Å². The van der Waals surface area contributed by atoms with Crippen LogP contribution in [-0.2, 0) is 13.0 Å². The summed E-state index contributed by atoms with van der Waals surface area (Å²) in [6, 6.07) is 16.4. The molecule has 0 radical (unpaired) electrons. The van der Waals surface area contributed by atoms with Crippen molar-refractivity contribution in [2.45, 2.75) is 25.9 Å². The van der Waals surface area contributed by atoms with Gasteiger partial charge in [-0.2, -0.15) is 0 Å². The Labute approximate surface area is 126 Å². The minimum absolute atomic E-state index is 0.0395. The molecule has 21 heavy (non-hydrogen) atoms. The van der Waals surface area contributed by atoms with Gasteiger partial charge in [0.15, 0.2) is 0 Å². The molecule has 0 spiro atoms. The second-order valence-electron chi connectivity index (χ2n) is 5.25. The Kier molecular flexibility index (Phi) is 5.78. The van der Waals surface area contributed by atoms with E-state index in [1.807, 2.05) is 31.2 Å². The average molecular weight is 285 g/mol. The van der Waals surface area contributed by atoms with Crippen LogP contribution >= 0.6 is 0 Å². The van der Waals surface area contributed by atoms with Gasteiger partial charge in [0.1, 0.15) is 5.75 Å². The predicted molar refractivity (Wildman–Crippen MR) is 85.6 cm³/mol. The van der Waals surface area contributed by atoms with Crippen molar-refractivity contribution in [2.24, 2.45) is 0 Å². The van der Waals surface area contributed by atoms with Gasteiger partial charge in [0, 0.05) is 12.6 Å². The largest absolute Gasteiger partial charge is 0.496 e. The fourth-order valence-electron chi connectivity index (χ4n) is 2.34. The molecule has 0 heterocycles. The van der Waals surface area contributed by atoms with Crippen molar-refractivity contribution < 1.29 is 9.84 Å². The number of benzene rings is 2. The minimum Gasteiger partial charge on any atom is -0.496 e. The Morgan fingerprint density at radius 1 is 1.10 bits per heavy atom. The molecule has 0 saturated carbocycles. The molecule has 0 aliphatic heterocycles. The summed E-state index contributed by atoms with van der Waals surface area (Å²) in [4.78, 5) is 0. The molecule has 2 rings (SSSR count). The average Bonchev–Trinajstić information content (AvgIpc) is 2.54. The van der Waals surface area contributed by atoms with E-state index in [9.17, 15) is 5.11 Å². The van der Waals surface area contributed by atoms with Crippen molar-refractivity contribution in [1.29, 1.82) is 0 Å². The number of aliphatic hydroxyl groups is 1. The molecule has 0 aliphatic carbocycles. The third-order valence-electron chi connectivity index (χ3n) is 3.61. The lowest BCUT2D eigenvalue weighted by Crippen LogP contribution is -2.34. The summed E-state index contributed by atoms with van der Waals surface area (Å²) < 4.78 is 5.35. The molecular weight excluding hydrogens is 262 g/mol. The maximum Gasteiger partial charge on any atom is 0.122 e. The fraction of sp³-hybridized carbons (Fsp3) is 0.333. The van der Waals surface area contributed by atoms with Crippen LogP contribution in [0.25, 0.3) is 0 Å². The number of nitrogens with one attached hydrogen (secondary N) is 1. The van der Waals surface area contributed by atoms with Crippen LogP contribution in [0.1, 0.15) is 16.7 Å². The van der Waals surface area contributed by atoms with Gasteiger partial charge >= 0.3 is 0 Å². The van der Waals surface area contributed by atoms with Crippen LogP contribution in [0.3, 0.4) is 0 Å². The SMILES string of the molecule is COc1cc(CC(CO)NCc2ccccc2)ccc1C. The van der Waals surface area contributed by atoms with E-state index >= 15 is 0 Å². The highest BCUT2D eigenvalue weighted by atomic mass is 16.5. The molecule has 0 amide bonds. The third-order valence-corrected chi connectivity index (χ3v) is 3.61. The quantitative estimate of drug-likeness (QED) is 0.822. The number of aryl methyl sites for hydroxylation is 1. The first-order valence-corrected chi connectivity index (χ1v) is 7.24. The third kappa shape index (κ3) is 4.59. The number of methoxy groups -OCH3 is 1. The van der Waals surface area contributed by atoms with Crippen molar-refractivity contribution >= 4 is 0 Å². The summed E-state index contributed by atoms with van der Waals surface area (Å²) in [6.07, 6.45) is 0.778. The number of hydrogen-bond donors (Lipinski definition) is 2. The highest BCUT2D eigenvalue weighted by Gasteiger charge is 2.09. The topological polar surface area (TPSA) is 41.5 Å². The standard InChI is InChI=1S/C18H23NO2/c1-14-8-9-16(11-18(14)21-2)10-17(13-20)19-12-15-6-4-3-5-7-15/h3-9,11,17,19-20H,10,12-13H2,1-2H3. The highest BCUT2D eigenvalue weighted by molar-refractivity contribution is 5.36. The molecule has 1 atom stereocenters. The van der Waals surface area contributed by atoms with Crippen LogP contribution in [0, 0.1) is 6.92 Å². The molecule has 3 nitrogen and oxygen atoms in total. The van der Waals surface area contributed by atoms with Crippen LogP contribution in [0.5, 0.6) is 5.75 Å². The van der Waals surface area contributed by atoms with Gasteiger partial charge in [0.25, 0.3) is 0 Å². The van der Waals surface area contributed by atoms with E-state index < -0.39 is 0 Å². The first-order valence-electron chi connectivity index (χ1n) is 7.24. The van der Waals surface area contributed by atoms with E-state index in [2.05, 4.69) is 29.6 Å². The Morgan fingerprint density at radius 3 is 2.52 bits per heavy atom. The fourth-order valence-corrected chi connectivity index (χ4v) is 2.34. The van der Waals surface area contributed by atoms with Gasteiger partial charge < -0.3 is 15.2 Å². The van der Waals surface area contributed by atoms with Crippen LogP contribution < -0.4 is 10.1 Å². The van der Waals surface area contributed by atoms with Gasteiger partial charge in [0.2, 0.25) is 0 Å². The number of hydrogen-bond acceptors (Lipinski definition) is 3. The molecule has 0 saturated heterocycles. The summed E-state index contributed by atoms with van der Waals surface area (Å²) in [6.45, 7) is 2.90. The summed E-state index contributed by atoms with van der Waals surface area (Å²) in [7, 11) is 1.68. The number of aliphatic hydroxyl groups excluding tert-OH is 1.